The molecule has 1 saturated carbocycles. The van der Waals surface area contributed by atoms with Gasteiger partial charge in [0.05, 0.1) is 6.67 Å². The third kappa shape index (κ3) is 4.52. The van der Waals surface area contributed by atoms with Gasteiger partial charge in [0.25, 0.3) is 5.91 Å². The van der Waals surface area contributed by atoms with Crippen LogP contribution < -0.4 is 10.2 Å². The number of nitrogens with zero attached hydrogens (tertiary/aromatic N) is 3. The lowest BCUT2D eigenvalue weighted by Crippen LogP contribution is -2.57. The molecule has 2 aromatic rings. The summed E-state index contributed by atoms with van der Waals surface area (Å²) in [6, 6.07) is 20.0. The monoisotopic (exact) mass is 460 g/mol. The highest BCUT2D eigenvalue weighted by Crippen LogP contribution is 2.40. The molecule has 1 aliphatic carbocycles. The fourth-order valence-electron chi connectivity index (χ4n) is 5.23. The molecule has 1 spiro atoms. The van der Waals surface area contributed by atoms with Gasteiger partial charge in [0.1, 0.15) is 12.1 Å². The summed E-state index contributed by atoms with van der Waals surface area (Å²) >= 11 is 0. The molecule has 0 aromatic heterocycles. The van der Waals surface area contributed by atoms with Gasteiger partial charge in [-0.05, 0) is 49.8 Å². The van der Waals surface area contributed by atoms with Crippen LogP contribution in [0, 0.1) is 5.92 Å². The topological polar surface area (TPSA) is 73.0 Å². The maximum absolute atomic E-state index is 13.7. The lowest BCUT2D eigenvalue weighted by Gasteiger charge is -2.43. The maximum Gasteiger partial charge on any atom is 0.250 e. The first-order valence-electron chi connectivity index (χ1n) is 12.3. The summed E-state index contributed by atoms with van der Waals surface area (Å²) in [7, 11) is 0. The number of rotatable bonds is 7. The zero-order valence-corrected chi connectivity index (χ0v) is 19.5. The Kier molecular flexibility index (Phi) is 6.26. The molecule has 7 nitrogen and oxygen atoms in total. The van der Waals surface area contributed by atoms with E-state index in [1.807, 2.05) is 65.6 Å². The largest absolute Gasteiger partial charge is 0.354 e. The summed E-state index contributed by atoms with van der Waals surface area (Å²) in [6.07, 6.45) is 3.91. The quantitative estimate of drug-likeness (QED) is 0.689. The molecule has 2 aliphatic heterocycles. The smallest absolute Gasteiger partial charge is 0.250 e. The normalized spacial score (nSPS) is 19.5. The van der Waals surface area contributed by atoms with Gasteiger partial charge < -0.3 is 20.0 Å². The molecule has 2 saturated heterocycles. The second-order valence-electron chi connectivity index (χ2n) is 9.62. The molecule has 3 fully saturated rings. The Hall–Kier alpha value is -3.35. The summed E-state index contributed by atoms with van der Waals surface area (Å²) in [4.78, 5) is 44.7. The van der Waals surface area contributed by atoms with E-state index in [0.717, 1.165) is 24.9 Å². The molecule has 0 bridgehead atoms. The molecule has 0 atom stereocenters. The Morgan fingerprint density at radius 3 is 2.24 bits per heavy atom. The minimum absolute atomic E-state index is 0.00640. The Bertz CT molecular complexity index is 1030. The number of anilines is 1. The van der Waals surface area contributed by atoms with Gasteiger partial charge in [0.2, 0.25) is 11.8 Å². The van der Waals surface area contributed by atoms with Crippen molar-refractivity contribution in [2.75, 3.05) is 37.7 Å². The predicted octanol–water partition coefficient (Wildman–Crippen LogP) is 2.42. The van der Waals surface area contributed by atoms with E-state index in [2.05, 4.69) is 10.2 Å². The lowest BCUT2D eigenvalue weighted by molar-refractivity contribution is -0.140. The number of nitrogens with one attached hydrogen (secondary N) is 1. The Balaban J connectivity index is 1.25. The second-order valence-corrected chi connectivity index (χ2v) is 9.62. The van der Waals surface area contributed by atoms with Crippen LogP contribution in [-0.2, 0) is 20.8 Å². The van der Waals surface area contributed by atoms with E-state index in [4.69, 9.17) is 0 Å². The number of para-hydroxylation sites is 1. The van der Waals surface area contributed by atoms with Gasteiger partial charge in [-0.25, -0.2) is 0 Å². The molecule has 0 radical (unpaired) electrons. The first-order chi connectivity index (χ1) is 16.6. The van der Waals surface area contributed by atoms with Crippen molar-refractivity contribution in [1.82, 2.24) is 15.1 Å². The van der Waals surface area contributed by atoms with Crippen LogP contribution in [0.2, 0.25) is 0 Å². The van der Waals surface area contributed by atoms with Crippen LogP contribution in [0.5, 0.6) is 0 Å². The van der Waals surface area contributed by atoms with Gasteiger partial charge in [0.15, 0.2) is 0 Å². The van der Waals surface area contributed by atoms with Gasteiger partial charge >= 0.3 is 0 Å². The molecule has 2 heterocycles. The van der Waals surface area contributed by atoms with Crippen molar-refractivity contribution in [3.8, 4) is 0 Å². The van der Waals surface area contributed by atoms with E-state index in [0.29, 0.717) is 39.1 Å². The highest BCUT2D eigenvalue weighted by Gasteiger charge is 2.54. The summed E-state index contributed by atoms with van der Waals surface area (Å²) in [5, 5.41) is 2.96. The minimum atomic E-state index is -0.702. The van der Waals surface area contributed by atoms with Crippen molar-refractivity contribution in [2.24, 2.45) is 5.92 Å². The SMILES string of the molecule is O=C(CN1CN(c2ccccc2)C2(CCN(C(=O)C3CC3)CC2)C1=O)NCCc1ccccc1. The Morgan fingerprint density at radius 2 is 1.59 bits per heavy atom. The zero-order valence-electron chi connectivity index (χ0n) is 19.5. The Labute approximate surface area is 200 Å². The number of piperidine rings is 1. The molecule has 1 N–H and O–H groups in total. The van der Waals surface area contributed by atoms with E-state index in [-0.39, 0.29) is 30.2 Å². The summed E-state index contributed by atoms with van der Waals surface area (Å²) in [6.45, 7) is 2.13. The number of likely N-dealkylation sites (tertiary alicyclic amines) is 1. The predicted molar refractivity (Wildman–Crippen MR) is 130 cm³/mol. The highest BCUT2D eigenvalue weighted by atomic mass is 16.2. The van der Waals surface area contributed by atoms with Crippen molar-refractivity contribution in [3.63, 3.8) is 0 Å². The van der Waals surface area contributed by atoms with Crippen LogP contribution in [0.3, 0.4) is 0 Å². The summed E-state index contributed by atoms with van der Waals surface area (Å²) < 4.78 is 0. The molecule has 0 unspecified atom stereocenters. The molecule has 34 heavy (non-hydrogen) atoms. The third-order valence-electron chi connectivity index (χ3n) is 7.32. The van der Waals surface area contributed by atoms with Crippen LogP contribution in [0.15, 0.2) is 60.7 Å². The molecular weight excluding hydrogens is 428 g/mol. The molecule has 7 heteroatoms. The van der Waals surface area contributed by atoms with Crippen LogP contribution >= 0.6 is 0 Å². The van der Waals surface area contributed by atoms with Crippen LogP contribution in [0.1, 0.15) is 31.2 Å². The lowest BCUT2D eigenvalue weighted by atomic mass is 9.85. The molecule has 178 valence electrons. The van der Waals surface area contributed by atoms with Gasteiger partial charge in [-0.15, -0.1) is 0 Å². The average molecular weight is 461 g/mol. The second kappa shape index (κ2) is 9.49. The van der Waals surface area contributed by atoms with Crippen molar-refractivity contribution in [3.05, 3.63) is 66.2 Å². The first kappa shape index (κ1) is 22.4. The van der Waals surface area contributed by atoms with E-state index in [1.54, 1.807) is 4.90 Å². The van der Waals surface area contributed by atoms with Crippen molar-refractivity contribution >= 4 is 23.4 Å². The van der Waals surface area contributed by atoms with Gasteiger partial charge in [-0.3, -0.25) is 14.4 Å². The van der Waals surface area contributed by atoms with Crippen LogP contribution in [0.25, 0.3) is 0 Å². The van der Waals surface area contributed by atoms with Crippen molar-refractivity contribution < 1.29 is 14.4 Å². The summed E-state index contributed by atoms with van der Waals surface area (Å²) in [5.74, 6) is 0.277. The van der Waals surface area contributed by atoms with Gasteiger partial charge in [-0.1, -0.05) is 48.5 Å². The van der Waals surface area contributed by atoms with Crippen LogP contribution in [-0.4, -0.2) is 65.9 Å². The molecule has 5 rings (SSSR count). The average Bonchev–Trinajstić information content (AvgIpc) is 3.69. The van der Waals surface area contributed by atoms with Crippen molar-refractivity contribution in [2.45, 2.75) is 37.6 Å². The molecule has 3 aliphatic rings. The molecule has 2 aromatic carbocycles. The van der Waals surface area contributed by atoms with Gasteiger partial charge in [-0.2, -0.15) is 0 Å². The Morgan fingerprint density at radius 1 is 0.941 bits per heavy atom. The summed E-state index contributed by atoms with van der Waals surface area (Å²) in [5.41, 5.74) is 1.44. The number of hydrogen-bond acceptors (Lipinski definition) is 4. The van der Waals surface area contributed by atoms with E-state index < -0.39 is 5.54 Å². The molecule has 3 amide bonds. The van der Waals surface area contributed by atoms with E-state index in [1.165, 1.54) is 5.56 Å². The van der Waals surface area contributed by atoms with E-state index >= 15 is 0 Å². The van der Waals surface area contributed by atoms with Crippen molar-refractivity contribution in [1.29, 1.82) is 0 Å². The first-order valence-corrected chi connectivity index (χ1v) is 12.3. The van der Waals surface area contributed by atoms with E-state index in [9.17, 15) is 14.4 Å². The number of amides is 3. The highest BCUT2D eigenvalue weighted by molar-refractivity contribution is 5.96. The number of carbonyl (C=O) groups excluding carboxylic acids is 3. The zero-order chi connectivity index (χ0) is 23.5. The molecular formula is C27H32N4O3. The van der Waals surface area contributed by atoms with Gasteiger partial charge in [0, 0.05) is 31.2 Å². The third-order valence-corrected chi connectivity index (χ3v) is 7.32. The fourth-order valence-corrected chi connectivity index (χ4v) is 5.23. The number of hydrogen-bond donors (Lipinski definition) is 1. The number of benzene rings is 2. The standard InChI is InChI=1S/C27H32N4O3/c32-24(28-16-13-21-7-3-1-4-8-21)19-30-20-31(23-9-5-2-6-10-23)27(26(30)34)14-17-29(18-15-27)25(33)22-11-12-22/h1-10,22H,11-20H2,(H,28,32). The minimum Gasteiger partial charge on any atom is -0.354 e. The maximum atomic E-state index is 13.7. The van der Waals surface area contributed by atoms with Crippen LogP contribution in [0.4, 0.5) is 5.69 Å². The fraction of sp³-hybridized carbons (Fsp3) is 0.444. The number of carbonyl (C=O) groups is 3.